The summed E-state index contributed by atoms with van der Waals surface area (Å²) in [5.74, 6) is 1.13. The van der Waals surface area contributed by atoms with Crippen molar-refractivity contribution in [3.63, 3.8) is 0 Å². The predicted molar refractivity (Wildman–Crippen MR) is 96.0 cm³/mol. The van der Waals surface area contributed by atoms with Crippen LogP contribution in [-0.4, -0.2) is 5.11 Å². The van der Waals surface area contributed by atoms with E-state index in [1.807, 2.05) is 17.2 Å². The largest absolute Gasteiger partial charge is 0.508 e. The molecule has 0 aromatic heterocycles. The third-order valence-electron chi connectivity index (χ3n) is 7.08. The van der Waals surface area contributed by atoms with E-state index in [9.17, 15) is 5.11 Å². The highest BCUT2D eigenvalue weighted by molar-refractivity contribution is 5.52. The molecule has 3 aliphatic carbocycles. The van der Waals surface area contributed by atoms with E-state index >= 15 is 0 Å². The van der Waals surface area contributed by atoms with Gasteiger partial charge < -0.3 is 5.11 Å². The van der Waals surface area contributed by atoms with Crippen molar-refractivity contribution in [3.05, 3.63) is 40.0 Å². The number of fused-ring (bicyclic) bond motifs is 4. The minimum absolute atomic E-state index is 0.480. The first-order valence-corrected chi connectivity index (χ1v) is 9.70. The van der Waals surface area contributed by atoms with Gasteiger partial charge in [-0.3, -0.25) is 0 Å². The Morgan fingerprint density at radius 2 is 2.04 bits per heavy atom. The van der Waals surface area contributed by atoms with Gasteiger partial charge in [-0.2, -0.15) is 0 Å². The molecule has 0 heterocycles. The zero-order valence-corrected chi connectivity index (χ0v) is 14.8. The van der Waals surface area contributed by atoms with Crippen LogP contribution in [-0.2, 0) is 6.42 Å². The topological polar surface area (TPSA) is 20.2 Å². The van der Waals surface area contributed by atoms with Crippen molar-refractivity contribution in [1.82, 2.24) is 0 Å². The Kier molecular flexibility index (Phi) is 3.78. The lowest BCUT2D eigenvalue weighted by Crippen LogP contribution is -2.29. The van der Waals surface area contributed by atoms with E-state index < -0.39 is 0 Å². The number of aromatic hydroxyl groups is 1. The number of rotatable bonds is 3. The van der Waals surface area contributed by atoms with Gasteiger partial charge in [0.25, 0.3) is 0 Å². The fraction of sp³-hybridized carbons (Fsp3) is 0.636. The van der Waals surface area contributed by atoms with Crippen molar-refractivity contribution >= 4 is 0 Å². The summed E-state index contributed by atoms with van der Waals surface area (Å²) >= 11 is 0. The van der Waals surface area contributed by atoms with Gasteiger partial charge in [0.15, 0.2) is 0 Å². The Bertz CT molecular complexity index is 654. The zero-order valence-electron chi connectivity index (χ0n) is 14.8. The van der Waals surface area contributed by atoms with Crippen molar-refractivity contribution < 1.29 is 5.11 Å². The maximum Gasteiger partial charge on any atom is 0.118 e. The van der Waals surface area contributed by atoms with Gasteiger partial charge in [-0.15, -0.1) is 0 Å². The number of unbranched alkanes of at least 4 members (excludes halogenated alkanes) is 1. The highest BCUT2D eigenvalue weighted by Gasteiger charge is 2.45. The quantitative estimate of drug-likeness (QED) is 0.661. The lowest BCUT2D eigenvalue weighted by atomic mass is 9.61. The van der Waals surface area contributed by atoms with Gasteiger partial charge in [0.05, 0.1) is 0 Å². The van der Waals surface area contributed by atoms with E-state index in [-0.39, 0.29) is 0 Å². The first-order chi connectivity index (χ1) is 11.2. The number of hydrogen-bond donors (Lipinski definition) is 1. The van der Waals surface area contributed by atoms with Crippen LogP contribution in [0.5, 0.6) is 5.75 Å². The summed E-state index contributed by atoms with van der Waals surface area (Å²) in [5.41, 5.74) is 8.36. The monoisotopic (exact) mass is 310 g/mol. The third kappa shape index (κ3) is 2.27. The van der Waals surface area contributed by atoms with Crippen LogP contribution in [0, 0.1) is 12.3 Å². The molecule has 0 bridgehead atoms. The van der Waals surface area contributed by atoms with Crippen LogP contribution in [0.4, 0.5) is 0 Å². The number of allylic oxidation sites excluding steroid dienone is 2. The van der Waals surface area contributed by atoms with Crippen molar-refractivity contribution in [1.29, 1.82) is 0 Å². The van der Waals surface area contributed by atoms with Crippen LogP contribution in [0.1, 0.15) is 87.3 Å². The molecule has 1 aromatic rings. The zero-order chi connectivity index (χ0) is 16.0. The molecule has 1 saturated carbocycles. The minimum Gasteiger partial charge on any atom is -0.508 e. The first-order valence-electron chi connectivity index (χ1n) is 9.70. The normalized spacial score (nSPS) is 29.2. The molecule has 1 N–H and O–H groups in total. The van der Waals surface area contributed by atoms with Gasteiger partial charge in [0, 0.05) is 5.92 Å². The second-order valence-corrected chi connectivity index (χ2v) is 8.11. The molecule has 2 unspecified atom stereocenters. The summed E-state index contributed by atoms with van der Waals surface area (Å²) in [5, 5.41) is 10.0. The molecule has 0 radical (unpaired) electrons. The van der Waals surface area contributed by atoms with Crippen LogP contribution in [0.3, 0.4) is 0 Å². The van der Waals surface area contributed by atoms with Gasteiger partial charge in [-0.05, 0) is 86.5 Å². The molecule has 0 spiro atoms. The highest BCUT2D eigenvalue weighted by Crippen LogP contribution is 2.59. The Morgan fingerprint density at radius 1 is 1.17 bits per heavy atom. The van der Waals surface area contributed by atoms with Gasteiger partial charge in [-0.25, -0.2) is 0 Å². The van der Waals surface area contributed by atoms with Crippen LogP contribution in [0.2, 0.25) is 0 Å². The fourth-order valence-electron chi connectivity index (χ4n) is 5.87. The molecule has 23 heavy (non-hydrogen) atoms. The summed E-state index contributed by atoms with van der Waals surface area (Å²) in [6, 6.07) is 4.14. The van der Waals surface area contributed by atoms with Crippen molar-refractivity contribution in [2.45, 2.75) is 84.0 Å². The lowest BCUT2D eigenvalue weighted by Gasteiger charge is -2.43. The fourth-order valence-corrected chi connectivity index (χ4v) is 5.87. The average Bonchev–Trinajstić information content (AvgIpc) is 3.00. The van der Waals surface area contributed by atoms with Crippen molar-refractivity contribution in [2.24, 2.45) is 5.41 Å². The number of phenolic OH excluding ortho intramolecular Hbond substituents is 1. The smallest absolute Gasteiger partial charge is 0.118 e. The molecule has 1 aromatic carbocycles. The van der Waals surface area contributed by atoms with Crippen LogP contribution in [0.15, 0.2) is 23.3 Å². The van der Waals surface area contributed by atoms with E-state index in [0.717, 1.165) is 12.0 Å². The Morgan fingerprint density at radius 3 is 2.87 bits per heavy atom. The van der Waals surface area contributed by atoms with E-state index in [1.165, 1.54) is 68.9 Å². The summed E-state index contributed by atoms with van der Waals surface area (Å²) < 4.78 is 0. The second-order valence-electron chi connectivity index (χ2n) is 8.11. The third-order valence-corrected chi connectivity index (χ3v) is 7.08. The maximum absolute atomic E-state index is 10.0. The van der Waals surface area contributed by atoms with Crippen LogP contribution >= 0.6 is 0 Å². The summed E-state index contributed by atoms with van der Waals surface area (Å²) in [4.78, 5) is 0. The molecule has 124 valence electrons. The number of benzene rings is 1. The summed E-state index contributed by atoms with van der Waals surface area (Å²) in [6.45, 7) is 4.42. The van der Waals surface area contributed by atoms with E-state index in [1.54, 1.807) is 0 Å². The Balaban J connectivity index is 1.76. The van der Waals surface area contributed by atoms with E-state index in [4.69, 9.17) is 0 Å². The standard InChI is InChI=1S/C22H30O/c1-3-4-12-22-13-5-6-20(22)19-8-7-16-15(2)21(23)10-9-17(16)18(19)11-14-22/h9-10,18,23H,3-8,11-14H2,1-2H3. The first kappa shape index (κ1) is 15.3. The van der Waals surface area contributed by atoms with E-state index in [0.29, 0.717) is 17.1 Å². The maximum atomic E-state index is 10.0. The molecular formula is C22H30O. The number of phenols is 1. The second kappa shape index (κ2) is 5.69. The summed E-state index contributed by atoms with van der Waals surface area (Å²) in [7, 11) is 0. The molecule has 1 fully saturated rings. The van der Waals surface area contributed by atoms with Crippen LogP contribution in [0.25, 0.3) is 0 Å². The summed E-state index contributed by atoms with van der Waals surface area (Å²) in [6.07, 6.45) is 13.5. The molecule has 0 aliphatic heterocycles. The lowest BCUT2D eigenvalue weighted by molar-refractivity contribution is 0.262. The molecule has 3 aliphatic rings. The highest BCUT2D eigenvalue weighted by atomic mass is 16.3. The van der Waals surface area contributed by atoms with Crippen molar-refractivity contribution in [3.8, 4) is 5.75 Å². The molecule has 4 rings (SSSR count). The van der Waals surface area contributed by atoms with Crippen LogP contribution < -0.4 is 0 Å². The van der Waals surface area contributed by atoms with E-state index in [2.05, 4.69) is 19.9 Å². The Hall–Kier alpha value is -1.24. The van der Waals surface area contributed by atoms with Gasteiger partial charge in [0.2, 0.25) is 0 Å². The predicted octanol–water partition coefficient (Wildman–Crippen LogP) is 6.18. The molecule has 1 nitrogen and oxygen atoms in total. The van der Waals surface area contributed by atoms with Gasteiger partial charge in [0.1, 0.15) is 5.75 Å². The molecule has 0 amide bonds. The minimum atomic E-state index is 0.480. The molecular weight excluding hydrogens is 280 g/mol. The molecule has 2 atom stereocenters. The van der Waals surface area contributed by atoms with Gasteiger partial charge in [-0.1, -0.05) is 37.0 Å². The number of hydrogen-bond acceptors (Lipinski definition) is 1. The molecule has 0 saturated heterocycles. The Labute approximate surface area is 140 Å². The van der Waals surface area contributed by atoms with Crippen molar-refractivity contribution in [2.75, 3.05) is 0 Å². The van der Waals surface area contributed by atoms with Gasteiger partial charge >= 0.3 is 0 Å². The SMILES string of the molecule is CCCCC12CCCC1=C1CCc3c(ccc(O)c3C)C1CC2. The average molecular weight is 310 g/mol. The molecule has 1 heteroatoms.